The van der Waals surface area contributed by atoms with E-state index in [2.05, 4.69) is 53.7 Å². The summed E-state index contributed by atoms with van der Waals surface area (Å²) in [5.41, 5.74) is 3.47. The Morgan fingerprint density at radius 1 is 1.24 bits per heavy atom. The van der Waals surface area contributed by atoms with E-state index in [0.29, 0.717) is 17.6 Å². The van der Waals surface area contributed by atoms with Gasteiger partial charge in [-0.1, -0.05) is 32.0 Å². The number of pyridine rings is 1. The van der Waals surface area contributed by atoms with Crippen molar-refractivity contribution in [3.8, 4) is 0 Å². The van der Waals surface area contributed by atoms with Crippen LogP contribution in [0.1, 0.15) is 37.3 Å². The van der Waals surface area contributed by atoms with Crippen molar-refractivity contribution >= 4 is 23.0 Å². The fourth-order valence-electron chi connectivity index (χ4n) is 1.99. The van der Waals surface area contributed by atoms with Gasteiger partial charge in [0.2, 0.25) is 0 Å². The van der Waals surface area contributed by atoms with E-state index in [9.17, 15) is 0 Å². The summed E-state index contributed by atoms with van der Waals surface area (Å²) >= 11 is 5.30. The molecule has 0 aliphatic heterocycles. The van der Waals surface area contributed by atoms with E-state index in [1.807, 2.05) is 18.3 Å². The number of aromatic nitrogens is 1. The molecule has 1 aromatic heterocycles. The standard InChI is InChI=1S/C17H21N3S/c1-3-13(2)15-6-8-16(9-7-15)20-17(21)19-12-14-5-4-10-18-11-14/h4-11,13H,3,12H2,1-2H3,(H2,19,20,21)/t13-/m1/s1. The molecule has 0 bridgehead atoms. The van der Waals surface area contributed by atoms with Crippen LogP contribution in [-0.2, 0) is 6.54 Å². The molecule has 2 N–H and O–H groups in total. The largest absolute Gasteiger partial charge is 0.358 e. The van der Waals surface area contributed by atoms with Crippen LogP contribution >= 0.6 is 12.2 Å². The van der Waals surface area contributed by atoms with Crippen molar-refractivity contribution in [2.75, 3.05) is 5.32 Å². The molecule has 2 aromatic rings. The van der Waals surface area contributed by atoms with Crippen LogP contribution in [0.3, 0.4) is 0 Å². The zero-order valence-electron chi connectivity index (χ0n) is 12.5. The van der Waals surface area contributed by atoms with Crippen molar-refractivity contribution in [1.29, 1.82) is 0 Å². The first-order chi connectivity index (χ1) is 10.2. The maximum atomic E-state index is 5.30. The molecule has 0 amide bonds. The Balaban J connectivity index is 1.85. The van der Waals surface area contributed by atoms with Gasteiger partial charge in [-0.25, -0.2) is 0 Å². The summed E-state index contributed by atoms with van der Waals surface area (Å²) < 4.78 is 0. The van der Waals surface area contributed by atoms with Gasteiger partial charge in [0.25, 0.3) is 0 Å². The second kappa shape index (κ2) is 7.74. The number of hydrogen-bond donors (Lipinski definition) is 2. The zero-order valence-corrected chi connectivity index (χ0v) is 13.3. The van der Waals surface area contributed by atoms with Crippen molar-refractivity contribution in [3.63, 3.8) is 0 Å². The maximum absolute atomic E-state index is 5.30. The number of rotatable bonds is 5. The summed E-state index contributed by atoms with van der Waals surface area (Å²) in [6, 6.07) is 12.4. The second-order valence-corrected chi connectivity index (χ2v) is 5.51. The summed E-state index contributed by atoms with van der Waals surface area (Å²) in [6.07, 6.45) is 4.74. The highest BCUT2D eigenvalue weighted by Gasteiger charge is 2.03. The lowest BCUT2D eigenvalue weighted by Crippen LogP contribution is -2.27. The first-order valence-corrected chi connectivity index (χ1v) is 7.63. The average Bonchev–Trinajstić information content (AvgIpc) is 2.54. The van der Waals surface area contributed by atoms with Gasteiger partial charge in [-0.2, -0.15) is 0 Å². The molecule has 1 atom stereocenters. The Labute approximate surface area is 131 Å². The fraction of sp³-hybridized carbons (Fsp3) is 0.294. The average molecular weight is 299 g/mol. The second-order valence-electron chi connectivity index (χ2n) is 5.10. The van der Waals surface area contributed by atoms with Gasteiger partial charge in [-0.3, -0.25) is 4.98 Å². The third kappa shape index (κ3) is 4.83. The van der Waals surface area contributed by atoms with Crippen LogP contribution in [0.5, 0.6) is 0 Å². The minimum absolute atomic E-state index is 0.592. The van der Waals surface area contributed by atoms with E-state index in [-0.39, 0.29) is 0 Å². The lowest BCUT2D eigenvalue weighted by atomic mass is 9.99. The van der Waals surface area contributed by atoms with Crippen LogP contribution in [0.15, 0.2) is 48.8 Å². The smallest absolute Gasteiger partial charge is 0.171 e. The van der Waals surface area contributed by atoms with E-state index in [4.69, 9.17) is 12.2 Å². The molecule has 0 aliphatic rings. The van der Waals surface area contributed by atoms with Crippen LogP contribution in [0, 0.1) is 0 Å². The minimum atomic E-state index is 0.592. The van der Waals surface area contributed by atoms with Gasteiger partial charge in [0, 0.05) is 24.6 Å². The fourth-order valence-corrected chi connectivity index (χ4v) is 2.18. The Hall–Kier alpha value is -1.94. The molecule has 0 fully saturated rings. The maximum Gasteiger partial charge on any atom is 0.171 e. The SMILES string of the molecule is CC[C@@H](C)c1ccc(NC(=S)NCc2cccnc2)cc1. The molecular weight excluding hydrogens is 278 g/mol. The molecule has 0 unspecified atom stereocenters. The molecule has 21 heavy (non-hydrogen) atoms. The molecule has 2 rings (SSSR count). The van der Waals surface area contributed by atoms with Crippen molar-refractivity contribution in [2.24, 2.45) is 0 Å². The van der Waals surface area contributed by atoms with Crippen LogP contribution in [0.25, 0.3) is 0 Å². The first-order valence-electron chi connectivity index (χ1n) is 7.22. The molecule has 0 aliphatic carbocycles. The lowest BCUT2D eigenvalue weighted by molar-refractivity contribution is 0.734. The summed E-state index contributed by atoms with van der Waals surface area (Å²) in [4.78, 5) is 4.08. The monoisotopic (exact) mass is 299 g/mol. The van der Waals surface area contributed by atoms with Gasteiger partial charge < -0.3 is 10.6 Å². The third-order valence-corrected chi connectivity index (χ3v) is 3.77. The highest BCUT2D eigenvalue weighted by molar-refractivity contribution is 7.80. The minimum Gasteiger partial charge on any atom is -0.358 e. The molecule has 0 spiro atoms. The van der Waals surface area contributed by atoms with Crippen molar-refractivity contribution in [3.05, 3.63) is 59.9 Å². The molecule has 1 aromatic carbocycles. The number of nitrogens with one attached hydrogen (secondary N) is 2. The lowest BCUT2D eigenvalue weighted by Gasteiger charge is -2.12. The predicted octanol–water partition coefficient (Wildman–Crippen LogP) is 4.08. The third-order valence-electron chi connectivity index (χ3n) is 3.53. The summed E-state index contributed by atoms with van der Waals surface area (Å²) in [5.74, 6) is 0.592. The Morgan fingerprint density at radius 3 is 2.62 bits per heavy atom. The van der Waals surface area contributed by atoms with Crippen molar-refractivity contribution in [1.82, 2.24) is 10.3 Å². The normalized spacial score (nSPS) is 11.7. The van der Waals surface area contributed by atoms with Crippen LogP contribution < -0.4 is 10.6 Å². The van der Waals surface area contributed by atoms with Gasteiger partial charge in [-0.15, -0.1) is 0 Å². The number of benzene rings is 1. The molecular formula is C17H21N3S. The summed E-state index contributed by atoms with van der Waals surface area (Å²) in [5, 5.41) is 6.99. The molecule has 4 heteroatoms. The van der Waals surface area contributed by atoms with Crippen LogP contribution in [0.4, 0.5) is 5.69 Å². The quantitative estimate of drug-likeness (QED) is 0.816. The molecule has 0 saturated heterocycles. The van der Waals surface area contributed by atoms with E-state index in [1.54, 1.807) is 6.20 Å². The predicted molar refractivity (Wildman–Crippen MR) is 92.4 cm³/mol. The summed E-state index contributed by atoms with van der Waals surface area (Å²) in [7, 11) is 0. The zero-order chi connectivity index (χ0) is 15.1. The van der Waals surface area contributed by atoms with Crippen molar-refractivity contribution < 1.29 is 0 Å². The Kier molecular flexibility index (Phi) is 5.69. The van der Waals surface area contributed by atoms with E-state index >= 15 is 0 Å². The Morgan fingerprint density at radius 2 is 2.00 bits per heavy atom. The van der Waals surface area contributed by atoms with Gasteiger partial charge in [0.15, 0.2) is 5.11 Å². The Bertz CT molecular complexity index is 566. The van der Waals surface area contributed by atoms with Gasteiger partial charge in [0.05, 0.1) is 0 Å². The highest BCUT2D eigenvalue weighted by atomic mass is 32.1. The van der Waals surface area contributed by atoms with Crippen LogP contribution in [0.2, 0.25) is 0 Å². The van der Waals surface area contributed by atoms with Crippen LogP contribution in [-0.4, -0.2) is 10.1 Å². The molecule has 110 valence electrons. The topological polar surface area (TPSA) is 37.0 Å². The molecule has 3 nitrogen and oxygen atoms in total. The molecule has 1 heterocycles. The first kappa shape index (κ1) is 15.4. The number of anilines is 1. The van der Waals surface area contributed by atoms with Gasteiger partial charge in [0.1, 0.15) is 0 Å². The van der Waals surface area contributed by atoms with Crippen molar-refractivity contribution in [2.45, 2.75) is 32.7 Å². The number of thiocarbonyl (C=S) groups is 1. The van der Waals surface area contributed by atoms with E-state index in [0.717, 1.165) is 17.7 Å². The number of nitrogens with zero attached hydrogens (tertiary/aromatic N) is 1. The molecule has 0 saturated carbocycles. The van der Waals surface area contributed by atoms with E-state index in [1.165, 1.54) is 5.56 Å². The summed E-state index contributed by atoms with van der Waals surface area (Å²) in [6.45, 7) is 5.11. The highest BCUT2D eigenvalue weighted by Crippen LogP contribution is 2.20. The van der Waals surface area contributed by atoms with E-state index < -0.39 is 0 Å². The van der Waals surface area contributed by atoms with Gasteiger partial charge in [-0.05, 0) is 53.9 Å². The molecule has 0 radical (unpaired) electrons. The number of hydrogen-bond acceptors (Lipinski definition) is 2. The van der Waals surface area contributed by atoms with Gasteiger partial charge >= 0.3 is 0 Å².